The predicted octanol–water partition coefficient (Wildman–Crippen LogP) is 3.62. The van der Waals surface area contributed by atoms with E-state index in [0.717, 1.165) is 0 Å². The Kier molecular flexibility index (Phi) is 1.79. The van der Waals surface area contributed by atoms with Gasteiger partial charge in [-0.1, -0.05) is 12.2 Å². The molecule has 0 radical (unpaired) electrons. The molecule has 3 heteroatoms. The second-order valence-corrected chi connectivity index (χ2v) is 4.99. The van der Waals surface area contributed by atoms with Crippen LogP contribution in [-0.2, 0) is 0 Å². The summed E-state index contributed by atoms with van der Waals surface area (Å²) < 4.78 is 2.73. The van der Waals surface area contributed by atoms with Crippen molar-refractivity contribution < 1.29 is 0 Å². The zero-order valence-electron chi connectivity index (χ0n) is 5.96. The summed E-state index contributed by atoms with van der Waals surface area (Å²) in [5, 5.41) is 1.74. The molecule has 2 heterocycles. The van der Waals surface area contributed by atoms with Crippen molar-refractivity contribution in [3.05, 3.63) is 21.9 Å². The Balaban J connectivity index is 2.72. The lowest BCUT2D eigenvalue weighted by Crippen LogP contribution is -1.60. The van der Waals surface area contributed by atoms with E-state index in [9.17, 15) is 0 Å². The topological polar surface area (TPSA) is 0 Å². The predicted molar refractivity (Wildman–Crippen MR) is 57.2 cm³/mol. The smallest absolute Gasteiger partial charge is 0.0460 e. The van der Waals surface area contributed by atoms with Gasteiger partial charge in [-0.15, -0.1) is 22.7 Å². The van der Waals surface area contributed by atoms with Gasteiger partial charge in [-0.05, 0) is 19.1 Å². The molecule has 0 atom stereocenters. The average molecular weight is 198 g/mol. The van der Waals surface area contributed by atoms with Gasteiger partial charge in [0, 0.05) is 24.5 Å². The van der Waals surface area contributed by atoms with Crippen LogP contribution >= 0.6 is 34.9 Å². The molecular weight excluding hydrogens is 192 g/mol. The molecule has 0 fully saturated rings. The Bertz CT molecular complexity index is 363. The largest absolute Gasteiger partial charge is 0.140 e. The molecule has 2 aromatic heterocycles. The minimum Gasteiger partial charge on any atom is -0.140 e. The Morgan fingerprint density at radius 1 is 1.27 bits per heavy atom. The molecule has 56 valence electrons. The van der Waals surface area contributed by atoms with Crippen molar-refractivity contribution in [3.8, 4) is 0 Å². The first kappa shape index (κ1) is 7.40. The van der Waals surface area contributed by atoms with Gasteiger partial charge in [-0.3, -0.25) is 0 Å². The second kappa shape index (κ2) is 2.66. The maximum Gasteiger partial charge on any atom is 0.0460 e. The van der Waals surface area contributed by atoms with E-state index in [0.29, 0.717) is 0 Å². The molecule has 0 spiro atoms. The van der Waals surface area contributed by atoms with Crippen LogP contribution in [-0.4, -0.2) is 5.37 Å². The molecule has 0 aliphatic carbocycles. The molecular formula is C8H6S3. The third kappa shape index (κ3) is 1.24. The van der Waals surface area contributed by atoms with Crippen molar-refractivity contribution >= 4 is 49.7 Å². The molecule has 0 bridgehead atoms. The van der Waals surface area contributed by atoms with Crippen molar-refractivity contribution in [3.63, 3.8) is 0 Å². The fourth-order valence-corrected chi connectivity index (χ4v) is 3.39. The monoisotopic (exact) mass is 198 g/mol. The van der Waals surface area contributed by atoms with Crippen LogP contribution in [0, 0.1) is 6.92 Å². The number of rotatable bonds is 1. The Labute approximate surface area is 78.5 Å². The van der Waals surface area contributed by atoms with E-state index in [-0.39, 0.29) is 0 Å². The zero-order valence-corrected chi connectivity index (χ0v) is 8.41. The van der Waals surface area contributed by atoms with Crippen LogP contribution in [0.5, 0.6) is 0 Å². The molecule has 0 aromatic carbocycles. The summed E-state index contributed by atoms with van der Waals surface area (Å²) >= 11 is 8.45. The van der Waals surface area contributed by atoms with Gasteiger partial charge in [-0.2, -0.15) is 0 Å². The van der Waals surface area contributed by atoms with E-state index in [4.69, 9.17) is 12.2 Å². The Morgan fingerprint density at radius 2 is 2.00 bits per heavy atom. The number of hydrogen-bond acceptors (Lipinski definition) is 3. The van der Waals surface area contributed by atoms with E-state index in [1.807, 2.05) is 11.3 Å². The lowest BCUT2D eigenvalue weighted by atomic mass is 10.4. The summed E-state index contributed by atoms with van der Waals surface area (Å²) in [6, 6.07) is 4.37. The maximum absolute atomic E-state index is 4.85. The lowest BCUT2D eigenvalue weighted by molar-refractivity contribution is 1.66. The molecule has 0 saturated carbocycles. The molecule has 2 rings (SSSR count). The van der Waals surface area contributed by atoms with Gasteiger partial charge in [0.05, 0.1) is 0 Å². The first-order chi connectivity index (χ1) is 5.29. The average Bonchev–Trinajstić information content (AvgIpc) is 2.43. The summed E-state index contributed by atoms with van der Waals surface area (Å²) in [6.07, 6.45) is 0. The van der Waals surface area contributed by atoms with Crippen LogP contribution in [0.2, 0.25) is 0 Å². The van der Waals surface area contributed by atoms with Gasteiger partial charge in [0.1, 0.15) is 0 Å². The standard InChI is InChI=1S/C8H6S3/c1-5-2-7-8(10-5)3-6(4-9)11-7/h2-4H,1H3. The van der Waals surface area contributed by atoms with E-state index in [1.165, 1.54) is 19.2 Å². The molecule has 0 unspecified atom stereocenters. The van der Waals surface area contributed by atoms with Gasteiger partial charge in [0.25, 0.3) is 0 Å². The highest BCUT2D eigenvalue weighted by atomic mass is 32.1. The lowest BCUT2D eigenvalue weighted by Gasteiger charge is -1.75. The van der Waals surface area contributed by atoms with Crippen LogP contribution in [0.4, 0.5) is 0 Å². The maximum atomic E-state index is 4.85. The summed E-state index contributed by atoms with van der Waals surface area (Å²) in [6.45, 7) is 2.13. The number of hydrogen-bond donors (Lipinski definition) is 0. The van der Waals surface area contributed by atoms with Crippen molar-refractivity contribution in [2.45, 2.75) is 6.92 Å². The third-order valence-corrected chi connectivity index (χ3v) is 4.02. The highest BCUT2D eigenvalue weighted by Gasteiger charge is 2.01. The fourth-order valence-electron chi connectivity index (χ4n) is 1.03. The van der Waals surface area contributed by atoms with Crippen LogP contribution < -0.4 is 0 Å². The molecule has 2 aromatic rings. The highest BCUT2D eigenvalue weighted by Crippen LogP contribution is 2.31. The third-order valence-electron chi connectivity index (χ3n) is 1.47. The number of fused-ring (bicyclic) bond motifs is 1. The van der Waals surface area contributed by atoms with Gasteiger partial charge in [0.2, 0.25) is 0 Å². The van der Waals surface area contributed by atoms with Crippen LogP contribution in [0.25, 0.3) is 9.40 Å². The second-order valence-electron chi connectivity index (χ2n) is 2.35. The molecule has 11 heavy (non-hydrogen) atoms. The zero-order chi connectivity index (χ0) is 7.84. The normalized spacial score (nSPS) is 10.6. The minimum atomic E-state index is 1.20. The quantitative estimate of drug-likeness (QED) is 0.631. The van der Waals surface area contributed by atoms with Gasteiger partial charge in [-0.25, -0.2) is 0 Å². The first-order valence-corrected chi connectivity index (χ1v) is 5.35. The van der Waals surface area contributed by atoms with Crippen molar-refractivity contribution in [2.24, 2.45) is 0 Å². The molecule has 0 aliphatic rings. The Morgan fingerprint density at radius 3 is 2.64 bits per heavy atom. The molecule has 0 N–H and O–H groups in total. The number of thiocarbonyl (C=S) groups is 1. The van der Waals surface area contributed by atoms with Gasteiger partial charge in [0.15, 0.2) is 0 Å². The van der Waals surface area contributed by atoms with Gasteiger partial charge >= 0.3 is 0 Å². The molecule has 0 aliphatic heterocycles. The Hall–Kier alpha value is -0.250. The summed E-state index contributed by atoms with van der Waals surface area (Å²) in [5.41, 5.74) is 0. The summed E-state index contributed by atoms with van der Waals surface area (Å²) in [4.78, 5) is 2.57. The van der Waals surface area contributed by atoms with Crippen LogP contribution in [0.1, 0.15) is 9.75 Å². The number of thiophene rings is 2. The summed E-state index contributed by atoms with van der Waals surface area (Å²) in [5.74, 6) is 0. The van der Waals surface area contributed by atoms with E-state index < -0.39 is 0 Å². The van der Waals surface area contributed by atoms with E-state index in [1.54, 1.807) is 16.7 Å². The van der Waals surface area contributed by atoms with Crippen molar-refractivity contribution in [1.29, 1.82) is 0 Å². The van der Waals surface area contributed by atoms with E-state index in [2.05, 4.69) is 19.1 Å². The van der Waals surface area contributed by atoms with Crippen LogP contribution in [0.3, 0.4) is 0 Å². The molecule has 0 nitrogen and oxygen atoms in total. The highest BCUT2D eigenvalue weighted by molar-refractivity contribution is 7.79. The van der Waals surface area contributed by atoms with Crippen molar-refractivity contribution in [2.75, 3.05) is 0 Å². The van der Waals surface area contributed by atoms with Crippen LogP contribution in [0.15, 0.2) is 12.1 Å². The van der Waals surface area contributed by atoms with Gasteiger partial charge < -0.3 is 0 Å². The summed E-state index contributed by atoms with van der Waals surface area (Å²) in [7, 11) is 0. The number of aryl methyl sites for hydroxylation is 1. The molecule has 0 saturated heterocycles. The SMILES string of the molecule is Cc1cc2sc(C=S)cc2s1. The van der Waals surface area contributed by atoms with Crippen molar-refractivity contribution in [1.82, 2.24) is 0 Å². The fraction of sp³-hybridized carbons (Fsp3) is 0.125. The minimum absolute atomic E-state index is 1.20. The molecule has 0 amide bonds. The first-order valence-electron chi connectivity index (χ1n) is 3.25. The van der Waals surface area contributed by atoms with E-state index >= 15 is 0 Å².